The van der Waals surface area contributed by atoms with E-state index in [1.807, 2.05) is 44.2 Å². The molecule has 3 saturated heterocycles. The van der Waals surface area contributed by atoms with Crippen LogP contribution in [0.5, 0.6) is 11.5 Å². The van der Waals surface area contributed by atoms with Crippen LogP contribution >= 0.6 is 27.5 Å². The molecule has 3 aromatic rings. The van der Waals surface area contributed by atoms with Crippen molar-refractivity contribution < 1.29 is 28.4 Å². The lowest BCUT2D eigenvalue weighted by molar-refractivity contribution is -0.213. The van der Waals surface area contributed by atoms with Gasteiger partial charge in [0.15, 0.2) is 29.7 Å². The molecule has 3 aliphatic rings. The van der Waals surface area contributed by atoms with E-state index in [1.165, 1.54) is 6.33 Å². The zero-order chi connectivity index (χ0) is 24.3. The molecule has 3 aliphatic heterocycles. The minimum absolute atomic E-state index is 0.255. The number of hydrogen-bond acceptors (Lipinski definition) is 9. The monoisotopic (exact) mass is 563 g/mol. The Morgan fingerprint density at radius 2 is 1.94 bits per heavy atom. The number of hydrogen-bond donors (Lipinski definition) is 1. The lowest BCUT2D eigenvalue weighted by atomic mass is 10.1. The Morgan fingerprint density at radius 3 is 2.74 bits per heavy atom. The van der Waals surface area contributed by atoms with Gasteiger partial charge in [-0.1, -0.05) is 11.6 Å². The summed E-state index contributed by atoms with van der Waals surface area (Å²) in [5, 5.41) is 4.66. The molecular weight excluding hydrogens is 542 g/mol. The van der Waals surface area contributed by atoms with Gasteiger partial charge in [-0.3, -0.25) is 0 Å². The lowest BCUT2D eigenvalue weighted by Crippen LogP contribution is -2.37. The molecule has 1 aromatic heterocycles. The molecule has 0 spiro atoms. The van der Waals surface area contributed by atoms with Crippen molar-refractivity contribution >= 4 is 49.9 Å². The number of methoxy groups -OCH3 is 1. The number of halogens is 2. The third kappa shape index (κ3) is 4.22. The van der Waals surface area contributed by atoms with Crippen molar-refractivity contribution in [3.05, 3.63) is 46.2 Å². The van der Waals surface area contributed by atoms with Crippen molar-refractivity contribution in [2.45, 2.75) is 50.3 Å². The fourth-order valence-electron chi connectivity index (χ4n) is 4.68. The standard InChI is InChI=1S/C24H23BrClN3O6/c1-24(2)34-21-20-19(33-23(21)35-24)18(9-31-20)32-17-8-15-12(7-16(17)30-3)22(28-10-27-15)29-11-4-5-13(25)14(26)6-11/h4-8,10,18-21,23H,9H2,1-3H3,(H,27,28,29)/t18-,19+,20-,21+,23+/m0/s1. The summed E-state index contributed by atoms with van der Waals surface area (Å²) in [5.74, 6) is 0.997. The predicted octanol–water partition coefficient (Wildman–Crippen LogP) is 4.82. The fourth-order valence-corrected chi connectivity index (χ4v) is 5.11. The van der Waals surface area contributed by atoms with Crippen LogP contribution in [0.25, 0.3) is 10.9 Å². The zero-order valence-corrected chi connectivity index (χ0v) is 21.5. The molecule has 35 heavy (non-hydrogen) atoms. The van der Waals surface area contributed by atoms with Gasteiger partial charge in [-0.05, 0) is 54.0 Å². The number of nitrogens with zero attached hydrogens (tertiary/aromatic N) is 2. The maximum absolute atomic E-state index is 6.33. The van der Waals surface area contributed by atoms with Crippen molar-refractivity contribution in [2.75, 3.05) is 19.0 Å². The molecule has 4 heterocycles. The molecule has 0 bridgehead atoms. The molecule has 1 N–H and O–H groups in total. The molecule has 0 amide bonds. The summed E-state index contributed by atoms with van der Waals surface area (Å²) >= 11 is 9.64. The van der Waals surface area contributed by atoms with Gasteiger partial charge in [0, 0.05) is 21.6 Å². The summed E-state index contributed by atoms with van der Waals surface area (Å²) in [4.78, 5) is 8.84. The van der Waals surface area contributed by atoms with E-state index in [1.54, 1.807) is 7.11 Å². The number of anilines is 2. The Bertz CT molecular complexity index is 1290. The van der Waals surface area contributed by atoms with Gasteiger partial charge in [-0.25, -0.2) is 9.97 Å². The summed E-state index contributed by atoms with van der Waals surface area (Å²) in [7, 11) is 1.59. The maximum atomic E-state index is 6.33. The molecule has 6 rings (SSSR count). The minimum Gasteiger partial charge on any atom is -0.493 e. The molecule has 9 nitrogen and oxygen atoms in total. The van der Waals surface area contributed by atoms with E-state index < -0.39 is 12.1 Å². The van der Waals surface area contributed by atoms with Gasteiger partial charge in [-0.2, -0.15) is 0 Å². The van der Waals surface area contributed by atoms with Crippen molar-refractivity contribution in [3.63, 3.8) is 0 Å². The minimum atomic E-state index is -0.697. The number of ether oxygens (including phenoxy) is 6. The first-order chi connectivity index (χ1) is 16.8. The first-order valence-corrected chi connectivity index (χ1v) is 12.3. The smallest absolute Gasteiger partial charge is 0.190 e. The topological polar surface area (TPSA) is 93.2 Å². The van der Waals surface area contributed by atoms with E-state index >= 15 is 0 Å². The van der Waals surface area contributed by atoms with Crippen LogP contribution in [0.2, 0.25) is 5.02 Å². The van der Waals surface area contributed by atoms with E-state index in [9.17, 15) is 0 Å². The Hall–Kier alpha value is -2.21. The number of aromatic nitrogens is 2. The Labute approximate surface area is 215 Å². The van der Waals surface area contributed by atoms with E-state index in [0.29, 0.717) is 34.5 Å². The first kappa shape index (κ1) is 23.2. The second-order valence-corrected chi connectivity index (χ2v) is 10.3. The molecule has 2 aromatic carbocycles. The van der Waals surface area contributed by atoms with E-state index in [4.69, 9.17) is 40.0 Å². The van der Waals surface area contributed by atoms with Gasteiger partial charge >= 0.3 is 0 Å². The number of benzene rings is 2. The van der Waals surface area contributed by atoms with Crippen LogP contribution in [0.15, 0.2) is 41.1 Å². The fraction of sp³-hybridized carbons (Fsp3) is 0.417. The quantitative estimate of drug-likeness (QED) is 0.468. The SMILES string of the molecule is COc1cc2c(Nc3ccc(Br)c(Cl)c3)ncnc2cc1O[C@H]1CO[C@@H]2[C@H]3OC(C)(C)O[C@H]3O[C@@H]21. The second kappa shape index (κ2) is 8.72. The second-order valence-electron chi connectivity index (χ2n) is 9.02. The van der Waals surface area contributed by atoms with Crippen LogP contribution in [0.3, 0.4) is 0 Å². The highest BCUT2D eigenvalue weighted by molar-refractivity contribution is 9.10. The van der Waals surface area contributed by atoms with Gasteiger partial charge in [-0.15, -0.1) is 0 Å². The van der Waals surface area contributed by atoms with E-state index in [2.05, 4.69) is 31.2 Å². The van der Waals surface area contributed by atoms with Crippen LogP contribution in [0.4, 0.5) is 11.5 Å². The van der Waals surface area contributed by atoms with Crippen LogP contribution in [0, 0.1) is 0 Å². The lowest BCUT2D eigenvalue weighted by Gasteiger charge is -2.23. The summed E-state index contributed by atoms with van der Waals surface area (Å²) in [6, 6.07) is 9.26. The third-order valence-corrected chi connectivity index (χ3v) is 7.46. The summed E-state index contributed by atoms with van der Waals surface area (Å²) < 4.78 is 36.7. The molecule has 5 atom stereocenters. The highest BCUT2D eigenvalue weighted by Gasteiger charge is 2.60. The highest BCUT2D eigenvalue weighted by Crippen LogP contribution is 2.44. The summed E-state index contributed by atoms with van der Waals surface area (Å²) in [5.41, 5.74) is 1.48. The van der Waals surface area contributed by atoms with Crippen LogP contribution < -0.4 is 14.8 Å². The van der Waals surface area contributed by atoms with Gasteiger partial charge in [0.05, 0.1) is 24.3 Å². The molecule has 0 unspecified atom stereocenters. The first-order valence-electron chi connectivity index (χ1n) is 11.2. The molecule has 0 radical (unpaired) electrons. The molecule has 11 heteroatoms. The average Bonchev–Trinajstić information content (AvgIpc) is 3.45. The Morgan fingerprint density at radius 1 is 1.09 bits per heavy atom. The number of fused-ring (bicyclic) bond motifs is 4. The summed E-state index contributed by atoms with van der Waals surface area (Å²) in [6.45, 7) is 4.09. The van der Waals surface area contributed by atoms with Gasteiger partial charge in [0.2, 0.25) is 0 Å². The van der Waals surface area contributed by atoms with Crippen molar-refractivity contribution in [1.82, 2.24) is 9.97 Å². The summed E-state index contributed by atoms with van der Waals surface area (Å²) in [6.07, 6.45) is -0.181. The number of nitrogens with one attached hydrogen (secondary N) is 1. The van der Waals surface area contributed by atoms with Gasteiger partial charge in [0.25, 0.3) is 0 Å². The predicted molar refractivity (Wildman–Crippen MR) is 131 cm³/mol. The zero-order valence-electron chi connectivity index (χ0n) is 19.2. The molecular formula is C24H23BrClN3O6. The molecule has 0 saturated carbocycles. The highest BCUT2D eigenvalue weighted by atomic mass is 79.9. The molecule has 3 fully saturated rings. The van der Waals surface area contributed by atoms with Crippen LogP contribution in [-0.2, 0) is 18.9 Å². The normalized spacial score (nSPS) is 28.7. The average molecular weight is 565 g/mol. The maximum Gasteiger partial charge on any atom is 0.190 e. The van der Waals surface area contributed by atoms with Gasteiger partial charge in [0.1, 0.15) is 30.5 Å². The third-order valence-electron chi connectivity index (χ3n) is 6.23. The van der Waals surface area contributed by atoms with E-state index in [0.717, 1.165) is 15.5 Å². The van der Waals surface area contributed by atoms with Crippen LogP contribution in [0.1, 0.15) is 13.8 Å². The Kier molecular flexibility index (Phi) is 5.78. The van der Waals surface area contributed by atoms with Crippen molar-refractivity contribution in [3.8, 4) is 11.5 Å². The largest absolute Gasteiger partial charge is 0.493 e. The van der Waals surface area contributed by atoms with Crippen molar-refractivity contribution in [2.24, 2.45) is 0 Å². The molecule has 184 valence electrons. The van der Waals surface area contributed by atoms with Crippen molar-refractivity contribution in [1.29, 1.82) is 0 Å². The van der Waals surface area contributed by atoms with E-state index in [-0.39, 0.29) is 24.4 Å². The van der Waals surface area contributed by atoms with Gasteiger partial charge < -0.3 is 33.7 Å². The van der Waals surface area contributed by atoms with Crippen LogP contribution in [-0.4, -0.2) is 60.2 Å². The molecule has 0 aliphatic carbocycles. The Balaban J connectivity index is 1.26. The number of rotatable bonds is 5.